The molecule has 1 atom stereocenters. The van der Waals surface area contributed by atoms with Crippen molar-refractivity contribution in [3.05, 3.63) is 66.2 Å². The summed E-state index contributed by atoms with van der Waals surface area (Å²) in [5.74, 6) is -2.24. The Kier molecular flexibility index (Phi) is 8.84. The van der Waals surface area contributed by atoms with Crippen LogP contribution in [0.4, 0.5) is 20.4 Å². The fraction of sp³-hybridized carbons (Fsp3) is 0.467. The molecule has 0 spiro atoms. The quantitative estimate of drug-likeness (QED) is 0.247. The third kappa shape index (κ3) is 7.10. The van der Waals surface area contributed by atoms with Crippen LogP contribution in [0.15, 0.2) is 55.0 Å². The number of halogens is 2. The molecule has 3 heterocycles. The molecule has 0 saturated heterocycles. The van der Waals surface area contributed by atoms with Crippen LogP contribution in [0.25, 0.3) is 11.1 Å². The van der Waals surface area contributed by atoms with Gasteiger partial charge in [-0.3, -0.25) is 4.90 Å². The van der Waals surface area contributed by atoms with Crippen LogP contribution in [0.1, 0.15) is 49.8 Å². The van der Waals surface area contributed by atoms with Crippen LogP contribution in [0.2, 0.25) is 0 Å². The largest absolute Gasteiger partial charge is 0.480 e. The highest BCUT2D eigenvalue weighted by atomic mass is 19.3. The molecule has 1 saturated carbocycles. The van der Waals surface area contributed by atoms with Gasteiger partial charge in [-0.2, -0.15) is 0 Å². The molecule has 1 aliphatic carbocycles. The van der Waals surface area contributed by atoms with Gasteiger partial charge in [-0.15, -0.1) is 0 Å². The van der Waals surface area contributed by atoms with E-state index in [1.807, 2.05) is 35.2 Å². The van der Waals surface area contributed by atoms with Gasteiger partial charge in [0.1, 0.15) is 24.0 Å². The normalized spacial score (nSPS) is 17.0. The number of anilines is 2. The number of alkyl halides is 2. The summed E-state index contributed by atoms with van der Waals surface area (Å²) in [6.07, 6.45) is 7.62. The van der Waals surface area contributed by atoms with Crippen LogP contribution in [0.5, 0.6) is 0 Å². The summed E-state index contributed by atoms with van der Waals surface area (Å²) in [5, 5.41) is 16.4. The summed E-state index contributed by atoms with van der Waals surface area (Å²) in [4.78, 5) is 27.4. The number of carboxylic acid groups (broad SMARTS) is 1. The number of carboxylic acids is 1. The fourth-order valence-electron chi connectivity index (χ4n) is 5.48. The lowest BCUT2D eigenvalue weighted by molar-refractivity contribution is -0.139. The van der Waals surface area contributed by atoms with Crippen LogP contribution < -0.4 is 10.6 Å². The highest BCUT2D eigenvalue weighted by Crippen LogP contribution is 2.40. The third-order valence-corrected chi connectivity index (χ3v) is 7.78. The molecule has 2 aliphatic rings. The Balaban J connectivity index is 1.18. The van der Waals surface area contributed by atoms with Crippen molar-refractivity contribution in [2.24, 2.45) is 0 Å². The lowest BCUT2D eigenvalue weighted by Gasteiger charge is -2.43. The van der Waals surface area contributed by atoms with Gasteiger partial charge in [0, 0.05) is 49.4 Å². The van der Waals surface area contributed by atoms with E-state index in [-0.39, 0.29) is 25.3 Å². The van der Waals surface area contributed by atoms with E-state index >= 15 is 0 Å². The van der Waals surface area contributed by atoms with E-state index in [1.165, 1.54) is 11.9 Å². The van der Waals surface area contributed by atoms with Crippen molar-refractivity contribution in [2.45, 2.75) is 69.4 Å². The first-order chi connectivity index (χ1) is 19.4. The van der Waals surface area contributed by atoms with E-state index in [9.17, 15) is 18.7 Å². The van der Waals surface area contributed by atoms with Crippen molar-refractivity contribution in [1.82, 2.24) is 19.9 Å². The number of rotatable bonds is 13. The molecule has 0 radical (unpaired) electrons. The molecular weight excluding hydrogens is 514 g/mol. The predicted octanol–water partition coefficient (Wildman–Crippen LogP) is 5.27. The summed E-state index contributed by atoms with van der Waals surface area (Å²) in [5.41, 5.74) is 3.86. The van der Waals surface area contributed by atoms with Crippen molar-refractivity contribution in [1.29, 1.82) is 0 Å². The molecule has 1 fully saturated rings. The number of aryl methyl sites for hydroxylation is 2. The van der Waals surface area contributed by atoms with Gasteiger partial charge >= 0.3 is 5.97 Å². The highest BCUT2D eigenvalue weighted by Gasteiger charge is 2.47. The molecule has 0 unspecified atom stereocenters. The number of pyridine rings is 1. The molecule has 10 heteroatoms. The molecule has 0 bridgehead atoms. The molecule has 3 aromatic rings. The Morgan fingerprint density at radius 3 is 2.75 bits per heavy atom. The summed E-state index contributed by atoms with van der Waals surface area (Å²) < 4.78 is 27.5. The molecule has 1 aliphatic heterocycles. The molecular formula is C30H36F2N6O2. The van der Waals surface area contributed by atoms with E-state index in [2.05, 4.69) is 32.7 Å². The standard InChI is InChI=1S/C30H36F2N6O2/c31-30(32)17-24(18-30)38(15-5-4-10-23-12-11-22-9-6-14-34-27(22)36-23)16-13-26(29(39)40)37-28-25(19-33-20-35-28)21-7-2-1-3-8-21/h1-3,7-8,11-12,19-20,24,26H,4-6,9-10,13-18H2,(H,34,36)(H,39,40)(H,33,35,37)/t26-/m0/s1. The first-order valence-corrected chi connectivity index (χ1v) is 14.1. The van der Waals surface area contributed by atoms with Gasteiger partial charge in [0.2, 0.25) is 0 Å². The molecule has 40 heavy (non-hydrogen) atoms. The zero-order chi connectivity index (χ0) is 28.0. The van der Waals surface area contributed by atoms with Gasteiger partial charge in [0.15, 0.2) is 0 Å². The average molecular weight is 551 g/mol. The Bertz CT molecular complexity index is 1280. The zero-order valence-electron chi connectivity index (χ0n) is 22.5. The second kappa shape index (κ2) is 12.7. The maximum Gasteiger partial charge on any atom is 0.326 e. The molecule has 0 amide bonds. The van der Waals surface area contributed by atoms with E-state index in [0.29, 0.717) is 24.5 Å². The van der Waals surface area contributed by atoms with Crippen molar-refractivity contribution < 1.29 is 18.7 Å². The van der Waals surface area contributed by atoms with Crippen LogP contribution in [-0.4, -0.2) is 68.6 Å². The number of hydrogen-bond donors (Lipinski definition) is 3. The monoisotopic (exact) mass is 550 g/mol. The highest BCUT2D eigenvalue weighted by molar-refractivity contribution is 5.81. The minimum absolute atomic E-state index is 0.180. The smallest absolute Gasteiger partial charge is 0.326 e. The van der Waals surface area contributed by atoms with Crippen molar-refractivity contribution in [3.8, 4) is 11.1 Å². The van der Waals surface area contributed by atoms with Crippen LogP contribution in [0, 0.1) is 0 Å². The van der Waals surface area contributed by atoms with E-state index in [0.717, 1.165) is 55.7 Å². The second-order valence-electron chi connectivity index (χ2n) is 10.7. The van der Waals surface area contributed by atoms with Gasteiger partial charge in [-0.25, -0.2) is 28.5 Å². The van der Waals surface area contributed by atoms with Gasteiger partial charge < -0.3 is 15.7 Å². The number of carbonyl (C=O) groups is 1. The van der Waals surface area contributed by atoms with Crippen molar-refractivity contribution in [3.63, 3.8) is 0 Å². The number of nitrogens with one attached hydrogen (secondary N) is 2. The summed E-state index contributed by atoms with van der Waals surface area (Å²) in [7, 11) is 0. The van der Waals surface area contributed by atoms with E-state index in [4.69, 9.17) is 4.98 Å². The Morgan fingerprint density at radius 2 is 1.98 bits per heavy atom. The first kappa shape index (κ1) is 27.9. The van der Waals surface area contributed by atoms with Crippen molar-refractivity contribution in [2.75, 3.05) is 30.3 Å². The van der Waals surface area contributed by atoms with Gasteiger partial charge in [0.25, 0.3) is 5.92 Å². The van der Waals surface area contributed by atoms with Gasteiger partial charge in [0.05, 0.1) is 0 Å². The maximum atomic E-state index is 13.8. The van der Waals surface area contributed by atoms with E-state index in [1.54, 1.807) is 6.20 Å². The van der Waals surface area contributed by atoms with Crippen LogP contribution in [0.3, 0.4) is 0 Å². The number of aromatic nitrogens is 3. The summed E-state index contributed by atoms with van der Waals surface area (Å²) >= 11 is 0. The molecule has 3 N–H and O–H groups in total. The molecule has 5 rings (SSSR count). The van der Waals surface area contributed by atoms with E-state index < -0.39 is 17.9 Å². The first-order valence-electron chi connectivity index (χ1n) is 14.1. The molecule has 2 aromatic heterocycles. The minimum Gasteiger partial charge on any atom is -0.480 e. The number of nitrogens with zero attached hydrogens (tertiary/aromatic N) is 4. The Labute approximate surface area is 233 Å². The van der Waals surface area contributed by atoms with Crippen molar-refractivity contribution >= 4 is 17.6 Å². The minimum atomic E-state index is -2.64. The number of benzene rings is 1. The van der Waals surface area contributed by atoms with Crippen LogP contribution in [-0.2, 0) is 17.6 Å². The number of unbranched alkanes of at least 4 members (excludes halogenated alkanes) is 1. The van der Waals surface area contributed by atoms with Gasteiger partial charge in [-0.05, 0) is 62.3 Å². The third-order valence-electron chi connectivity index (χ3n) is 7.78. The summed E-state index contributed by atoms with van der Waals surface area (Å²) in [6.45, 7) is 1.98. The topological polar surface area (TPSA) is 103 Å². The maximum absolute atomic E-state index is 13.8. The predicted molar refractivity (Wildman–Crippen MR) is 151 cm³/mol. The zero-order valence-corrected chi connectivity index (χ0v) is 22.5. The Morgan fingerprint density at radius 1 is 1.15 bits per heavy atom. The summed E-state index contributed by atoms with van der Waals surface area (Å²) in [6, 6.07) is 12.6. The number of fused-ring (bicyclic) bond motifs is 1. The Hall–Kier alpha value is -3.66. The lowest BCUT2D eigenvalue weighted by Crippen LogP contribution is -2.52. The number of aliphatic carboxylic acids is 1. The SMILES string of the molecule is O=C(O)[C@H](CCN(CCCCc1ccc2c(n1)NCCC2)C1CC(F)(F)C1)Nc1ncncc1-c1ccccc1. The fourth-order valence-corrected chi connectivity index (χ4v) is 5.48. The molecule has 1 aromatic carbocycles. The lowest BCUT2D eigenvalue weighted by atomic mass is 9.86. The van der Waals surface area contributed by atoms with Crippen LogP contribution >= 0.6 is 0 Å². The van der Waals surface area contributed by atoms with Gasteiger partial charge in [-0.1, -0.05) is 36.4 Å². The average Bonchev–Trinajstić information content (AvgIpc) is 2.95. The molecule has 212 valence electrons. The number of hydrogen-bond acceptors (Lipinski definition) is 7. The molecule has 8 nitrogen and oxygen atoms in total. The second-order valence-corrected chi connectivity index (χ2v) is 10.7.